The number of hydrogen-bond donors (Lipinski definition) is 1. The number of carbonyl (C=O) groups excluding carboxylic acids is 1. The van der Waals surface area contributed by atoms with Crippen molar-refractivity contribution in [2.75, 3.05) is 31.5 Å². The zero-order valence-electron chi connectivity index (χ0n) is 15.8. The molecule has 1 saturated heterocycles. The number of nitrogens with one attached hydrogen (secondary N) is 1. The highest BCUT2D eigenvalue weighted by molar-refractivity contribution is 7.89. The van der Waals surface area contributed by atoms with Crippen molar-refractivity contribution in [3.8, 4) is 6.07 Å². The number of hydrogen-bond acceptors (Lipinski definition) is 5. The van der Waals surface area contributed by atoms with Gasteiger partial charge in [0.15, 0.2) is 0 Å². The van der Waals surface area contributed by atoms with Gasteiger partial charge in [0.2, 0.25) is 10.0 Å². The lowest BCUT2D eigenvalue weighted by molar-refractivity contribution is -0.112. The van der Waals surface area contributed by atoms with Crippen molar-refractivity contribution >= 4 is 44.8 Å². The lowest BCUT2D eigenvalue weighted by Crippen LogP contribution is -2.46. The number of nitriles is 1. The van der Waals surface area contributed by atoms with Gasteiger partial charge in [0, 0.05) is 32.4 Å². The maximum Gasteiger partial charge on any atom is 0.267 e. The molecule has 1 aliphatic rings. The van der Waals surface area contributed by atoms with Crippen LogP contribution in [0.3, 0.4) is 0 Å². The van der Waals surface area contributed by atoms with Gasteiger partial charge >= 0.3 is 0 Å². The first-order valence-corrected chi connectivity index (χ1v) is 11.2. The Labute approximate surface area is 185 Å². The molecule has 10 heteroatoms. The molecular formula is C20H18Cl2N4O3S. The molecule has 2 aromatic carbocycles. The molecule has 0 atom stereocenters. The molecule has 0 unspecified atom stereocenters. The molecule has 1 amide bonds. The molecule has 0 saturated carbocycles. The maximum atomic E-state index is 12.7. The maximum absolute atomic E-state index is 12.7. The molecule has 0 radical (unpaired) electrons. The van der Waals surface area contributed by atoms with E-state index in [1.165, 1.54) is 10.5 Å². The van der Waals surface area contributed by atoms with Crippen molar-refractivity contribution in [1.82, 2.24) is 9.21 Å². The fraction of sp³-hybridized carbons (Fsp3) is 0.200. The van der Waals surface area contributed by atoms with E-state index in [4.69, 9.17) is 23.2 Å². The first-order chi connectivity index (χ1) is 14.3. The predicted molar refractivity (Wildman–Crippen MR) is 116 cm³/mol. The molecule has 1 N–H and O–H groups in total. The summed E-state index contributed by atoms with van der Waals surface area (Å²) in [6.45, 7) is 1.19. The molecule has 1 fully saturated rings. The van der Waals surface area contributed by atoms with E-state index >= 15 is 0 Å². The monoisotopic (exact) mass is 464 g/mol. The average molecular weight is 465 g/mol. The van der Waals surface area contributed by atoms with Crippen molar-refractivity contribution in [3.63, 3.8) is 0 Å². The summed E-state index contributed by atoms with van der Waals surface area (Å²) in [5.74, 6) is -0.624. The van der Waals surface area contributed by atoms with Gasteiger partial charge in [0.25, 0.3) is 5.91 Å². The minimum absolute atomic E-state index is 0.120. The van der Waals surface area contributed by atoms with Crippen molar-refractivity contribution in [2.24, 2.45) is 0 Å². The van der Waals surface area contributed by atoms with Crippen LogP contribution in [0.15, 0.2) is 65.2 Å². The Bertz CT molecular complexity index is 1110. The highest BCUT2D eigenvalue weighted by atomic mass is 35.5. The highest BCUT2D eigenvalue weighted by Crippen LogP contribution is 2.29. The van der Waals surface area contributed by atoms with Crippen LogP contribution in [0.2, 0.25) is 10.0 Å². The molecule has 1 aliphatic heterocycles. The summed E-state index contributed by atoms with van der Waals surface area (Å²) in [6, 6.07) is 14.9. The van der Waals surface area contributed by atoms with E-state index in [-0.39, 0.29) is 33.6 Å². The number of anilines is 1. The molecule has 0 aliphatic carbocycles. The van der Waals surface area contributed by atoms with Gasteiger partial charge in [-0.05, 0) is 24.3 Å². The number of halogens is 2. The van der Waals surface area contributed by atoms with Gasteiger partial charge in [0.1, 0.15) is 11.6 Å². The lowest BCUT2D eigenvalue weighted by Gasteiger charge is -2.33. The first-order valence-electron chi connectivity index (χ1n) is 8.99. The molecule has 3 rings (SSSR count). The number of rotatable bonds is 5. The Kier molecular flexibility index (Phi) is 7.00. The smallest absolute Gasteiger partial charge is 0.267 e. The number of benzene rings is 2. The van der Waals surface area contributed by atoms with Crippen molar-refractivity contribution in [2.45, 2.75) is 4.90 Å². The quantitative estimate of drug-likeness (QED) is 0.540. The number of amides is 1. The summed E-state index contributed by atoms with van der Waals surface area (Å²) in [4.78, 5) is 14.4. The van der Waals surface area contributed by atoms with Gasteiger partial charge in [-0.15, -0.1) is 0 Å². The molecule has 1 heterocycles. The van der Waals surface area contributed by atoms with Crippen LogP contribution in [0.5, 0.6) is 0 Å². The van der Waals surface area contributed by atoms with Gasteiger partial charge in [0.05, 0.1) is 20.6 Å². The van der Waals surface area contributed by atoms with Crippen molar-refractivity contribution in [1.29, 1.82) is 5.26 Å². The normalized spacial score (nSPS) is 15.5. The van der Waals surface area contributed by atoms with Crippen LogP contribution in [0.25, 0.3) is 0 Å². The topological polar surface area (TPSA) is 93.5 Å². The minimum atomic E-state index is -3.57. The SMILES string of the molecule is N#C/C(=C/N1CCN(S(=O)(=O)c2ccccc2)CC1)C(=O)Nc1cccc(Cl)c1Cl. The Balaban J connectivity index is 1.66. The second-order valence-electron chi connectivity index (χ2n) is 6.46. The van der Waals surface area contributed by atoms with Crippen LogP contribution in [0, 0.1) is 11.3 Å². The van der Waals surface area contributed by atoms with Crippen LogP contribution in [0.1, 0.15) is 0 Å². The van der Waals surface area contributed by atoms with Crippen LogP contribution in [0.4, 0.5) is 5.69 Å². The Hall–Kier alpha value is -2.57. The van der Waals surface area contributed by atoms with Crippen LogP contribution in [-0.2, 0) is 14.8 Å². The van der Waals surface area contributed by atoms with E-state index in [9.17, 15) is 18.5 Å². The van der Waals surface area contributed by atoms with E-state index in [2.05, 4.69) is 5.32 Å². The lowest BCUT2D eigenvalue weighted by atomic mass is 10.2. The Morgan fingerprint density at radius 2 is 1.70 bits per heavy atom. The highest BCUT2D eigenvalue weighted by Gasteiger charge is 2.28. The summed E-state index contributed by atoms with van der Waals surface area (Å²) in [7, 11) is -3.57. The largest absolute Gasteiger partial charge is 0.373 e. The molecule has 156 valence electrons. The van der Waals surface area contributed by atoms with E-state index < -0.39 is 15.9 Å². The molecule has 30 heavy (non-hydrogen) atoms. The van der Waals surface area contributed by atoms with Crippen LogP contribution < -0.4 is 5.32 Å². The van der Waals surface area contributed by atoms with Crippen molar-refractivity contribution in [3.05, 3.63) is 70.3 Å². The Morgan fingerprint density at radius 3 is 2.33 bits per heavy atom. The van der Waals surface area contributed by atoms with Gasteiger partial charge in [-0.2, -0.15) is 9.57 Å². The zero-order chi connectivity index (χ0) is 21.7. The fourth-order valence-corrected chi connectivity index (χ4v) is 4.72. The van der Waals surface area contributed by atoms with E-state index in [1.807, 2.05) is 6.07 Å². The number of nitrogens with zero attached hydrogens (tertiary/aromatic N) is 3. The molecule has 7 nitrogen and oxygen atoms in total. The van der Waals surface area contributed by atoms with E-state index in [0.717, 1.165) is 0 Å². The third-order valence-electron chi connectivity index (χ3n) is 4.53. The number of sulfonamides is 1. The van der Waals surface area contributed by atoms with Gasteiger partial charge < -0.3 is 10.2 Å². The molecule has 0 aromatic heterocycles. The van der Waals surface area contributed by atoms with Crippen LogP contribution >= 0.6 is 23.2 Å². The first kappa shape index (κ1) is 22.1. The molecule has 2 aromatic rings. The summed E-state index contributed by atoms with van der Waals surface area (Å²) in [5, 5.41) is 12.4. The summed E-state index contributed by atoms with van der Waals surface area (Å²) >= 11 is 12.0. The molecule has 0 spiro atoms. The minimum Gasteiger partial charge on any atom is -0.373 e. The summed E-state index contributed by atoms with van der Waals surface area (Å²) in [6.07, 6.45) is 1.43. The zero-order valence-corrected chi connectivity index (χ0v) is 18.1. The van der Waals surface area contributed by atoms with Crippen molar-refractivity contribution < 1.29 is 13.2 Å². The summed E-state index contributed by atoms with van der Waals surface area (Å²) in [5.41, 5.74) is 0.180. The average Bonchev–Trinajstić information content (AvgIpc) is 2.76. The Morgan fingerprint density at radius 1 is 1.03 bits per heavy atom. The van der Waals surface area contributed by atoms with E-state index in [1.54, 1.807) is 53.4 Å². The third-order valence-corrected chi connectivity index (χ3v) is 7.26. The van der Waals surface area contributed by atoms with Gasteiger partial charge in [-0.3, -0.25) is 4.79 Å². The standard InChI is InChI=1S/C20H18Cl2N4O3S/c21-17-7-4-8-18(19(17)22)24-20(27)15(13-23)14-25-9-11-26(12-10-25)30(28,29)16-5-2-1-3-6-16/h1-8,14H,9-12H2,(H,24,27)/b15-14-. The molecular weight excluding hydrogens is 447 g/mol. The third kappa shape index (κ3) is 4.94. The van der Waals surface area contributed by atoms with E-state index in [0.29, 0.717) is 18.8 Å². The fourth-order valence-electron chi connectivity index (χ4n) is 2.93. The number of piperazine rings is 1. The van der Waals surface area contributed by atoms with Gasteiger partial charge in [-0.25, -0.2) is 8.42 Å². The second kappa shape index (κ2) is 9.49. The van der Waals surface area contributed by atoms with Crippen LogP contribution in [-0.4, -0.2) is 49.7 Å². The summed E-state index contributed by atoms with van der Waals surface area (Å²) < 4.78 is 26.8. The second-order valence-corrected chi connectivity index (χ2v) is 9.19. The molecule has 0 bridgehead atoms. The predicted octanol–water partition coefficient (Wildman–Crippen LogP) is 3.35. The number of carbonyl (C=O) groups is 1. The van der Waals surface area contributed by atoms with Gasteiger partial charge in [-0.1, -0.05) is 47.5 Å².